The minimum Gasteiger partial charge on any atom is -0.462 e. The van der Waals surface area contributed by atoms with E-state index in [1.807, 2.05) is 0 Å². The van der Waals surface area contributed by atoms with Gasteiger partial charge in [0.25, 0.3) is 0 Å². The summed E-state index contributed by atoms with van der Waals surface area (Å²) in [6.07, 6.45) is 66.5. The molecule has 0 aliphatic carbocycles. The van der Waals surface area contributed by atoms with E-state index in [4.69, 9.17) is 14.2 Å². The van der Waals surface area contributed by atoms with Gasteiger partial charge in [-0.1, -0.05) is 256 Å². The molecule has 0 aromatic rings. The van der Waals surface area contributed by atoms with Gasteiger partial charge in [-0.05, 0) is 70.6 Å². The Bertz CT molecular complexity index is 1110. The van der Waals surface area contributed by atoms with Crippen LogP contribution in [0.2, 0.25) is 0 Å². The molecule has 0 saturated heterocycles. The van der Waals surface area contributed by atoms with Crippen LogP contribution in [0.1, 0.15) is 310 Å². The van der Waals surface area contributed by atoms with Crippen molar-refractivity contribution >= 4 is 17.9 Å². The van der Waals surface area contributed by atoms with Crippen molar-refractivity contribution in [2.45, 2.75) is 316 Å². The molecule has 0 amide bonds. The SMILES string of the molecule is CCC/C=C\CCCCCCCC(=O)OC(COC(=O)CCCCCCC)COC(=O)CCCCCCCCCCCCCCCCCCCCCCC/C=C\C/C=C\CCCCCCC. The van der Waals surface area contributed by atoms with Crippen LogP contribution < -0.4 is 0 Å². The van der Waals surface area contributed by atoms with Crippen LogP contribution in [0.25, 0.3) is 0 Å². The second-order valence-corrected chi connectivity index (χ2v) is 19.6. The van der Waals surface area contributed by atoms with Gasteiger partial charge in [-0.25, -0.2) is 0 Å². The van der Waals surface area contributed by atoms with E-state index < -0.39 is 6.10 Å². The van der Waals surface area contributed by atoms with Crippen LogP contribution >= 0.6 is 0 Å². The number of carbonyl (C=O) groups is 3. The molecule has 0 heterocycles. The van der Waals surface area contributed by atoms with E-state index in [2.05, 4.69) is 57.2 Å². The summed E-state index contributed by atoms with van der Waals surface area (Å²) in [6, 6.07) is 0. The van der Waals surface area contributed by atoms with Crippen molar-refractivity contribution in [3.8, 4) is 0 Å². The normalized spacial score (nSPS) is 12.2. The van der Waals surface area contributed by atoms with Crippen molar-refractivity contribution in [3.63, 3.8) is 0 Å². The minimum atomic E-state index is -0.768. The fraction of sp³-hybridized carbons (Fsp3) is 0.850. The second kappa shape index (κ2) is 55.2. The van der Waals surface area contributed by atoms with E-state index in [1.54, 1.807) is 0 Å². The Morgan fingerprint density at radius 1 is 0.303 bits per heavy atom. The zero-order valence-corrected chi connectivity index (χ0v) is 44.2. The first kappa shape index (κ1) is 63.6. The largest absolute Gasteiger partial charge is 0.462 e. The lowest BCUT2D eigenvalue weighted by Crippen LogP contribution is -2.30. The van der Waals surface area contributed by atoms with Gasteiger partial charge in [-0.15, -0.1) is 0 Å². The van der Waals surface area contributed by atoms with Crippen molar-refractivity contribution < 1.29 is 28.6 Å². The van der Waals surface area contributed by atoms with Gasteiger partial charge in [0.15, 0.2) is 6.10 Å². The second-order valence-electron chi connectivity index (χ2n) is 19.6. The van der Waals surface area contributed by atoms with E-state index in [-0.39, 0.29) is 31.1 Å². The first-order chi connectivity index (χ1) is 32.5. The van der Waals surface area contributed by atoms with E-state index >= 15 is 0 Å². The van der Waals surface area contributed by atoms with Gasteiger partial charge in [0, 0.05) is 19.3 Å². The molecular formula is C60H110O6. The maximum Gasteiger partial charge on any atom is 0.306 e. The molecule has 0 bridgehead atoms. The number of esters is 3. The molecule has 0 aromatic carbocycles. The fourth-order valence-corrected chi connectivity index (χ4v) is 8.48. The fourth-order valence-electron chi connectivity index (χ4n) is 8.48. The summed E-state index contributed by atoms with van der Waals surface area (Å²) in [6.45, 7) is 6.50. The summed E-state index contributed by atoms with van der Waals surface area (Å²) in [5, 5.41) is 0. The molecule has 0 rings (SSSR count). The third-order valence-corrected chi connectivity index (χ3v) is 12.8. The maximum absolute atomic E-state index is 12.7. The molecule has 386 valence electrons. The Morgan fingerprint density at radius 3 is 0.909 bits per heavy atom. The number of ether oxygens (including phenoxy) is 3. The highest BCUT2D eigenvalue weighted by Crippen LogP contribution is 2.17. The highest BCUT2D eigenvalue weighted by atomic mass is 16.6. The molecule has 1 atom stereocenters. The average Bonchev–Trinajstić information content (AvgIpc) is 3.31. The van der Waals surface area contributed by atoms with Crippen molar-refractivity contribution in [1.29, 1.82) is 0 Å². The van der Waals surface area contributed by atoms with E-state index in [9.17, 15) is 14.4 Å². The molecular weight excluding hydrogens is 817 g/mol. The molecule has 0 saturated carbocycles. The Balaban J connectivity index is 3.82. The van der Waals surface area contributed by atoms with E-state index in [0.717, 1.165) is 89.9 Å². The number of carbonyl (C=O) groups excluding carboxylic acids is 3. The van der Waals surface area contributed by atoms with Crippen molar-refractivity contribution in [2.75, 3.05) is 13.2 Å². The van der Waals surface area contributed by atoms with Gasteiger partial charge in [-0.3, -0.25) is 14.4 Å². The predicted molar refractivity (Wildman–Crippen MR) is 284 cm³/mol. The van der Waals surface area contributed by atoms with Gasteiger partial charge in [0.1, 0.15) is 13.2 Å². The highest BCUT2D eigenvalue weighted by molar-refractivity contribution is 5.71. The highest BCUT2D eigenvalue weighted by Gasteiger charge is 2.19. The summed E-state index contributed by atoms with van der Waals surface area (Å²) in [5.74, 6) is -0.887. The Morgan fingerprint density at radius 2 is 0.576 bits per heavy atom. The number of rotatable bonds is 53. The molecule has 6 nitrogen and oxygen atoms in total. The van der Waals surface area contributed by atoms with Crippen LogP contribution in [0, 0.1) is 0 Å². The molecule has 1 unspecified atom stereocenters. The summed E-state index contributed by atoms with van der Waals surface area (Å²) < 4.78 is 16.6. The average molecular weight is 928 g/mol. The molecule has 0 radical (unpaired) electrons. The van der Waals surface area contributed by atoms with E-state index in [0.29, 0.717) is 19.3 Å². The van der Waals surface area contributed by atoms with Crippen LogP contribution in [0.5, 0.6) is 0 Å². The van der Waals surface area contributed by atoms with Gasteiger partial charge in [0.05, 0.1) is 0 Å². The third-order valence-electron chi connectivity index (χ3n) is 12.8. The molecule has 0 fully saturated rings. The molecule has 66 heavy (non-hydrogen) atoms. The van der Waals surface area contributed by atoms with Gasteiger partial charge >= 0.3 is 17.9 Å². The van der Waals surface area contributed by atoms with Gasteiger partial charge < -0.3 is 14.2 Å². The lowest BCUT2D eigenvalue weighted by molar-refractivity contribution is -0.167. The quantitative estimate of drug-likeness (QED) is 0.0262. The summed E-state index contributed by atoms with van der Waals surface area (Å²) >= 11 is 0. The zero-order valence-electron chi connectivity index (χ0n) is 44.2. The molecule has 6 heteroatoms. The maximum atomic E-state index is 12.7. The predicted octanol–water partition coefficient (Wildman–Crippen LogP) is 19.3. The molecule has 0 aliphatic heterocycles. The van der Waals surface area contributed by atoms with Crippen molar-refractivity contribution in [1.82, 2.24) is 0 Å². The van der Waals surface area contributed by atoms with E-state index in [1.165, 1.54) is 180 Å². The summed E-state index contributed by atoms with van der Waals surface area (Å²) in [7, 11) is 0. The van der Waals surface area contributed by atoms with Gasteiger partial charge in [0.2, 0.25) is 0 Å². The van der Waals surface area contributed by atoms with Crippen LogP contribution in [0.15, 0.2) is 36.5 Å². The number of hydrogen-bond acceptors (Lipinski definition) is 6. The van der Waals surface area contributed by atoms with Crippen molar-refractivity contribution in [3.05, 3.63) is 36.5 Å². The molecule has 0 N–H and O–H groups in total. The summed E-state index contributed by atoms with van der Waals surface area (Å²) in [5.41, 5.74) is 0. The first-order valence-electron chi connectivity index (χ1n) is 29.0. The van der Waals surface area contributed by atoms with Crippen LogP contribution in [0.3, 0.4) is 0 Å². The molecule has 0 aliphatic rings. The molecule has 0 aromatic heterocycles. The first-order valence-corrected chi connectivity index (χ1v) is 29.0. The Kier molecular flexibility index (Phi) is 53.2. The summed E-state index contributed by atoms with van der Waals surface area (Å²) in [4.78, 5) is 37.6. The lowest BCUT2D eigenvalue weighted by atomic mass is 10.0. The van der Waals surface area contributed by atoms with Crippen molar-refractivity contribution in [2.24, 2.45) is 0 Å². The topological polar surface area (TPSA) is 78.9 Å². The Labute approximate surface area is 410 Å². The van der Waals surface area contributed by atoms with Crippen LogP contribution in [-0.4, -0.2) is 37.2 Å². The minimum absolute atomic E-state index is 0.0723. The Hall–Kier alpha value is -2.37. The third kappa shape index (κ3) is 52.6. The number of allylic oxidation sites excluding steroid dienone is 6. The number of hydrogen-bond donors (Lipinski definition) is 0. The lowest BCUT2D eigenvalue weighted by Gasteiger charge is -2.18. The van der Waals surface area contributed by atoms with Gasteiger partial charge in [-0.2, -0.15) is 0 Å². The smallest absolute Gasteiger partial charge is 0.306 e. The zero-order chi connectivity index (χ0) is 47.9. The standard InChI is InChI=1S/C60H110O6/c1-4-7-10-13-15-17-19-20-21-22-23-24-25-26-27-28-29-30-31-32-33-34-35-36-37-38-39-40-41-43-44-47-50-53-59(62)65-56-57(55-64-58(61)52-49-46-12-9-6-3)66-60(63)54-51-48-45-42-18-16-14-11-8-5-2/h11,14,19-20,22-23,57H,4-10,12-13,15-18,21,24-56H2,1-3H3/b14-11-,20-19-,23-22-. The molecule has 0 spiro atoms. The van der Waals surface area contributed by atoms with Crippen LogP contribution in [-0.2, 0) is 28.6 Å². The monoisotopic (exact) mass is 927 g/mol. The van der Waals surface area contributed by atoms with Crippen LogP contribution in [0.4, 0.5) is 0 Å². The number of unbranched alkanes of at least 4 members (excludes halogenated alkanes) is 36.